The molecule has 0 radical (unpaired) electrons. The first kappa shape index (κ1) is 15.5. The smallest absolute Gasteiger partial charge is 0.261 e. The van der Waals surface area contributed by atoms with E-state index in [9.17, 15) is 9.59 Å². The van der Waals surface area contributed by atoms with E-state index in [-0.39, 0.29) is 10.6 Å². The number of hydrogen-bond acceptors (Lipinski definition) is 5. The first-order chi connectivity index (χ1) is 12.2. The number of hydrogen-bond donors (Lipinski definition) is 1. The molecule has 3 heterocycles. The van der Waals surface area contributed by atoms with Crippen LogP contribution in [0.2, 0.25) is 0 Å². The first-order valence-electron chi connectivity index (χ1n) is 7.82. The Balaban J connectivity index is 1.48. The average Bonchev–Trinajstić information content (AvgIpc) is 3.05. The van der Waals surface area contributed by atoms with Crippen LogP contribution >= 0.6 is 11.3 Å². The van der Waals surface area contributed by atoms with Crippen molar-refractivity contribution in [3.05, 3.63) is 75.0 Å². The number of nitrogens with one attached hydrogen (secondary N) is 1. The van der Waals surface area contributed by atoms with Crippen LogP contribution in [0.25, 0.3) is 16.4 Å². The van der Waals surface area contributed by atoms with E-state index in [4.69, 9.17) is 0 Å². The molecule has 4 aromatic rings. The van der Waals surface area contributed by atoms with Gasteiger partial charge in [0.2, 0.25) is 4.74 Å². The molecule has 0 aliphatic carbocycles. The Kier molecular flexibility index (Phi) is 3.99. The van der Waals surface area contributed by atoms with Crippen molar-refractivity contribution in [2.45, 2.75) is 6.42 Å². The van der Waals surface area contributed by atoms with Gasteiger partial charge in [-0.15, -0.1) is 10.2 Å². The summed E-state index contributed by atoms with van der Waals surface area (Å²) in [5, 5.41) is 12.5. The van der Waals surface area contributed by atoms with Crippen molar-refractivity contribution >= 4 is 33.7 Å². The van der Waals surface area contributed by atoms with Gasteiger partial charge in [-0.05, 0) is 29.7 Å². The maximum absolute atomic E-state index is 12.4. The number of fused-ring (bicyclic) bond motifs is 2. The van der Waals surface area contributed by atoms with E-state index in [1.165, 1.54) is 0 Å². The quantitative estimate of drug-likeness (QED) is 0.613. The van der Waals surface area contributed by atoms with Gasteiger partial charge >= 0.3 is 0 Å². The van der Waals surface area contributed by atoms with Gasteiger partial charge in [-0.1, -0.05) is 35.6 Å². The molecule has 25 heavy (non-hydrogen) atoms. The van der Waals surface area contributed by atoms with Crippen molar-refractivity contribution in [2.24, 2.45) is 0 Å². The number of amides is 1. The lowest BCUT2D eigenvalue weighted by Crippen LogP contribution is -2.26. The Morgan fingerprint density at radius 3 is 2.88 bits per heavy atom. The van der Waals surface area contributed by atoms with Gasteiger partial charge in [-0.25, -0.2) is 0 Å². The zero-order valence-corrected chi connectivity index (χ0v) is 14.0. The predicted octanol–water partition coefficient (Wildman–Crippen LogP) is 2.28. The molecule has 0 bridgehead atoms. The van der Waals surface area contributed by atoms with Crippen molar-refractivity contribution < 1.29 is 4.79 Å². The highest BCUT2D eigenvalue weighted by Crippen LogP contribution is 2.15. The first-order valence-corrected chi connectivity index (χ1v) is 8.64. The van der Waals surface area contributed by atoms with Gasteiger partial charge in [0.1, 0.15) is 5.82 Å². The van der Waals surface area contributed by atoms with Crippen LogP contribution in [0, 0.1) is 0 Å². The largest absolute Gasteiger partial charge is 0.351 e. The van der Waals surface area contributed by atoms with Crippen molar-refractivity contribution in [3.63, 3.8) is 0 Å². The van der Waals surface area contributed by atoms with E-state index in [2.05, 4.69) is 15.5 Å². The minimum atomic E-state index is -0.248. The van der Waals surface area contributed by atoms with Crippen LogP contribution in [0.4, 0.5) is 0 Å². The van der Waals surface area contributed by atoms with Crippen LogP contribution in [0.1, 0.15) is 15.5 Å². The third kappa shape index (κ3) is 3.01. The van der Waals surface area contributed by atoms with Crippen molar-refractivity contribution in [1.29, 1.82) is 0 Å². The molecule has 0 atom stereocenters. The van der Waals surface area contributed by atoms with Crippen LogP contribution in [-0.4, -0.2) is 27.0 Å². The topological polar surface area (TPSA) is 76.4 Å². The number of nitrogens with zero attached hydrogens (tertiary/aromatic N) is 3. The number of pyridine rings is 1. The lowest BCUT2D eigenvalue weighted by molar-refractivity contribution is 0.0958. The monoisotopic (exact) mass is 350 g/mol. The molecule has 1 amide bonds. The average molecular weight is 350 g/mol. The van der Waals surface area contributed by atoms with Gasteiger partial charge in [0.25, 0.3) is 5.91 Å². The number of rotatable bonds is 4. The molecular formula is C18H14N4O2S. The third-order valence-electron chi connectivity index (χ3n) is 3.91. The van der Waals surface area contributed by atoms with Gasteiger partial charge in [0.15, 0.2) is 5.65 Å². The predicted molar refractivity (Wildman–Crippen MR) is 97.1 cm³/mol. The molecule has 4 rings (SSSR count). The van der Waals surface area contributed by atoms with E-state index in [0.717, 1.165) is 28.2 Å². The maximum Gasteiger partial charge on any atom is 0.261 e. The lowest BCUT2D eigenvalue weighted by atomic mass is 10.2. The van der Waals surface area contributed by atoms with E-state index in [1.807, 2.05) is 47.0 Å². The molecule has 0 saturated carbocycles. The fourth-order valence-electron chi connectivity index (χ4n) is 2.68. The molecule has 6 nitrogen and oxygen atoms in total. The fraction of sp³-hybridized carbons (Fsp3) is 0.111. The molecule has 0 unspecified atom stereocenters. The van der Waals surface area contributed by atoms with Gasteiger partial charge < -0.3 is 5.32 Å². The standard InChI is InChI=1S/C18H14N4O2S/c23-17(14-11-12-5-1-2-6-13(12)18(24)25-14)19-9-8-16-21-20-15-7-3-4-10-22(15)16/h1-7,10-11H,8-9H2,(H,19,23). The Morgan fingerprint density at radius 1 is 1.12 bits per heavy atom. The number of aromatic nitrogens is 3. The highest BCUT2D eigenvalue weighted by atomic mass is 32.1. The van der Waals surface area contributed by atoms with Crippen molar-refractivity contribution in [3.8, 4) is 0 Å². The van der Waals surface area contributed by atoms with Gasteiger partial charge in [-0.3, -0.25) is 14.0 Å². The molecule has 124 valence electrons. The van der Waals surface area contributed by atoms with Crippen LogP contribution in [-0.2, 0) is 6.42 Å². The summed E-state index contributed by atoms with van der Waals surface area (Å²) in [4.78, 5) is 24.9. The SMILES string of the molecule is O=C(NCCc1nnc2ccccn12)c1cc2ccccc2c(=O)s1. The van der Waals surface area contributed by atoms with E-state index in [1.54, 1.807) is 12.1 Å². The molecule has 0 aliphatic heterocycles. The summed E-state index contributed by atoms with van der Waals surface area (Å²) in [6, 6.07) is 14.7. The van der Waals surface area contributed by atoms with Crippen molar-refractivity contribution in [1.82, 2.24) is 19.9 Å². The van der Waals surface area contributed by atoms with Crippen LogP contribution in [0.3, 0.4) is 0 Å². The molecular weight excluding hydrogens is 336 g/mol. The van der Waals surface area contributed by atoms with Crippen LogP contribution in [0.5, 0.6) is 0 Å². The van der Waals surface area contributed by atoms with E-state index in [0.29, 0.717) is 23.2 Å². The summed E-state index contributed by atoms with van der Waals surface area (Å²) in [7, 11) is 0. The Bertz CT molecular complexity index is 1130. The van der Waals surface area contributed by atoms with Gasteiger partial charge in [0.05, 0.1) is 4.88 Å². The molecule has 1 aromatic carbocycles. The van der Waals surface area contributed by atoms with E-state index < -0.39 is 0 Å². The van der Waals surface area contributed by atoms with Gasteiger partial charge in [-0.2, -0.15) is 0 Å². The zero-order valence-electron chi connectivity index (χ0n) is 13.2. The normalized spacial score (nSPS) is 11.0. The second-order valence-corrected chi connectivity index (χ2v) is 6.55. The number of carbonyl (C=O) groups is 1. The molecule has 7 heteroatoms. The third-order valence-corrected chi connectivity index (χ3v) is 4.84. The van der Waals surface area contributed by atoms with E-state index >= 15 is 0 Å². The fourth-order valence-corrected chi connectivity index (χ4v) is 3.53. The molecule has 0 aliphatic rings. The lowest BCUT2D eigenvalue weighted by Gasteiger charge is -2.05. The van der Waals surface area contributed by atoms with Gasteiger partial charge in [0, 0.05) is 24.5 Å². The summed E-state index contributed by atoms with van der Waals surface area (Å²) in [6.45, 7) is 0.419. The second-order valence-electron chi connectivity index (χ2n) is 5.54. The van der Waals surface area contributed by atoms with Crippen LogP contribution < -0.4 is 10.1 Å². The Morgan fingerprint density at radius 2 is 1.96 bits per heavy atom. The molecule has 0 saturated heterocycles. The summed E-state index contributed by atoms with van der Waals surface area (Å²) in [5.41, 5.74) is 0.775. The number of benzene rings is 1. The summed E-state index contributed by atoms with van der Waals surface area (Å²) in [6.07, 6.45) is 2.45. The van der Waals surface area contributed by atoms with Crippen LogP contribution in [0.15, 0.2) is 59.5 Å². The summed E-state index contributed by atoms with van der Waals surface area (Å²) < 4.78 is 1.78. The minimum Gasteiger partial charge on any atom is -0.351 e. The summed E-state index contributed by atoms with van der Waals surface area (Å²) >= 11 is 0.965. The minimum absolute atomic E-state index is 0.105. The molecule has 0 spiro atoms. The number of carbonyl (C=O) groups excluding carboxylic acids is 1. The molecule has 0 fully saturated rings. The summed E-state index contributed by atoms with van der Waals surface area (Å²) in [5.74, 6) is 0.532. The molecule has 3 aromatic heterocycles. The zero-order chi connectivity index (χ0) is 17.2. The maximum atomic E-state index is 12.4. The highest BCUT2D eigenvalue weighted by Gasteiger charge is 2.11. The Labute approximate surface area is 146 Å². The van der Waals surface area contributed by atoms with Crippen molar-refractivity contribution in [2.75, 3.05) is 6.54 Å². The Hall–Kier alpha value is -3.06. The second kappa shape index (κ2) is 6.45. The highest BCUT2D eigenvalue weighted by molar-refractivity contribution is 7.12. The molecule has 1 N–H and O–H groups in total.